The van der Waals surface area contributed by atoms with E-state index in [0.29, 0.717) is 23.1 Å². The summed E-state index contributed by atoms with van der Waals surface area (Å²) < 4.78 is 105. The van der Waals surface area contributed by atoms with Crippen LogP contribution in [-0.4, -0.2) is 131 Å². The van der Waals surface area contributed by atoms with E-state index in [9.17, 15) is 29.5 Å². The minimum Gasteiger partial charge on any atom is -0.462 e. The molecule has 26 heteroatoms. The maximum absolute atomic E-state index is 15.2. The number of esters is 4. The lowest BCUT2D eigenvalue weighted by Gasteiger charge is -2.49. The van der Waals surface area contributed by atoms with Crippen LogP contribution in [0.4, 0.5) is 0 Å². The van der Waals surface area contributed by atoms with Crippen LogP contribution in [-0.2, 0) is 127 Å². The molecule has 3 aliphatic heterocycles. The molecule has 4 unspecified atom stereocenters. The van der Waals surface area contributed by atoms with Crippen molar-refractivity contribution in [2.45, 2.75) is 238 Å². The van der Waals surface area contributed by atoms with Crippen LogP contribution in [0.25, 0.3) is 10.4 Å². The molecule has 0 radical (unpaired) electrons. The molecule has 1 amide bonds. The highest BCUT2D eigenvalue weighted by molar-refractivity contribution is 7.48. The summed E-state index contributed by atoms with van der Waals surface area (Å²) in [6.45, 7) is 17.5. The highest BCUT2D eigenvalue weighted by Gasteiger charge is 2.56. The largest absolute Gasteiger partial charge is 0.475 e. The summed E-state index contributed by atoms with van der Waals surface area (Å²) >= 11 is 0. The van der Waals surface area contributed by atoms with Crippen molar-refractivity contribution >= 4 is 45.9 Å². The average molecular weight is 1350 g/mol. The fourth-order valence-electron chi connectivity index (χ4n) is 10.3. The zero-order valence-corrected chi connectivity index (χ0v) is 57.4. The Labute approximate surface area is 552 Å². The fraction of sp³-hybridized carbons (Fsp3) is 0.574. The molecule has 2 saturated heterocycles. The molecule has 4 aromatic rings. The highest BCUT2D eigenvalue weighted by atomic mass is 31.2. The second kappa shape index (κ2) is 36.6. The molecule has 0 bridgehead atoms. The third-order valence-electron chi connectivity index (χ3n) is 16.8. The number of hydrogen-bond acceptors (Lipinski definition) is 21. The zero-order valence-electron chi connectivity index (χ0n) is 55.5. The van der Waals surface area contributed by atoms with Crippen LogP contribution in [0, 0.1) is 0 Å². The third kappa shape index (κ3) is 22.3. The van der Waals surface area contributed by atoms with E-state index in [2.05, 4.69) is 15.3 Å². The van der Waals surface area contributed by atoms with Crippen molar-refractivity contribution in [1.82, 2.24) is 5.32 Å². The maximum atomic E-state index is 15.2. The normalized spacial score (nSPS) is 23.8. The van der Waals surface area contributed by atoms with Crippen LogP contribution in [0.5, 0.6) is 0 Å². The molecule has 7 rings (SSSR count). The lowest BCUT2D eigenvalue weighted by atomic mass is 9.95. The minimum absolute atomic E-state index is 0.0234. The van der Waals surface area contributed by atoms with Crippen molar-refractivity contribution < 1.29 is 93.9 Å². The van der Waals surface area contributed by atoms with Gasteiger partial charge in [0.15, 0.2) is 27.0 Å². The van der Waals surface area contributed by atoms with E-state index in [1.165, 1.54) is 0 Å². The fourth-order valence-corrected chi connectivity index (χ4v) is 12.8. The number of phosphoric ester groups is 1. The van der Waals surface area contributed by atoms with Crippen molar-refractivity contribution in [3.05, 3.63) is 154 Å². The standard InChI is InChI=1S/C68H93N4O20PSi/c1-11-50(80-39-46-29-21-17-22-30-46)36-58(76)90-65-61(71-72-69)67(92-94(9,10)68(6,7)8)88-54(62(65)81-40-47-31-23-18-24-32-47)44-82-66-60(70-55(73)35-51(12-2)85-56(74)14-4)64(89-59(77)37-52(13-3)86-57(75)15-5)63(53(87-66)43-79-38-45-27-19-16-20-28-45)91-93(78)83-41-48-33-25-26-34-49(48)42-84-93/h16-34,50-54,60-67H,11-15,35-44H2,1-10H3,(H,70,73)/t50-,51-,52-,53?,54?,60?,61?,62+,63+,64-,65-,66-,67+/m1/s1. The Morgan fingerprint density at radius 2 is 1.10 bits per heavy atom. The van der Waals surface area contributed by atoms with Gasteiger partial charge < -0.3 is 57.1 Å². The van der Waals surface area contributed by atoms with Gasteiger partial charge in [0, 0.05) is 17.8 Å². The predicted molar refractivity (Wildman–Crippen MR) is 346 cm³/mol. The summed E-state index contributed by atoms with van der Waals surface area (Å²) in [6.07, 6.45) is -14.6. The summed E-state index contributed by atoms with van der Waals surface area (Å²) in [7, 11) is -7.61. The van der Waals surface area contributed by atoms with Crippen molar-refractivity contribution in [3.63, 3.8) is 0 Å². The van der Waals surface area contributed by atoms with E-state index in [1.807, 2.05) is 132 Å². The Hall–Kier alpha value is -6.41. The van der Waals surface area contributed by atoms with Crippen LogP contribution in [0.2, 0.25) is 18.1 Å². The highest BCUT2D eigenvalue weighted by Crippen LogP contribution is 2.55. The lowest BCUT2D eigenvalue weighted by Crippen LogP contribution is -2.67. The van der Waals surface area contributed by atoms with E-state index >= 15 is 4.57 Å². The Kier molecular flexibility index (Phi) is 29.2. The number of phosphoric acid groups is 1. The Morgan fingerprint density at radius 3 is 1.63 bits per heavy atom. The molecular formula is C68H93N4O20PSi. The van der Waals surface area contributed by atoms with Gasteiger partial charge in [0.05, 0.1) is 71.6 Å². The predicted octanol–water partition coefficient (Wildman–Crippen LogP) is 12.1. The average Bonchev–Trinajstić information content (AvgIpc) is 0.864. The van der Waals surface area contributed by atoms with Gasteiger partial charge in [-0.15, -0.1) is 0 Å². The zero-order chi connectivity index (χ0) is 67.8. The molecule has 94 heavy (non-hydrogen) atoms. The minimum atomic E-state index is -4.71. The van der Waals surface area contributed by atoms with E-state index in [-0.39, 0.29) is 71.7 Å². The third-order valence-corrected chi connectivity index (χ3v) is 22.7. The molecule has 1 N–H and O–H groups in total. The number of nitrogens with zero attached hydrogens (tertiary/aromatic N) is 3. The van der Waals surface area contributed by atoms with Gasteiger partial charge in [0.1, 0.15) is 54.8 Å². The second-order valence-electron chi connectivity index (χ2n) is 24.8. The molecule has 3 aliphatic rings. The molecule has 13 atom stereocenters. The number of rotatable bonds is 34. The number of ether oxygens (including phenoxy) is 10. The number of amides is 1. The monoisotopic (exact) mass is 1340 g/mol. The van der Waals surface area contributed by atoms with Crippen molar-refractivity contribution in [1.29, 1.82) is 0 Å². The van der Waals surface area contributed by atoms with Crippen molar-refractivity contribution in [2.75, 3.05) is 13.2 Å². The number of fused-ring (bicyclic) bond motifs is 1. The van der Waals surface area contributed by atoms with Gasteiger partial charge in [0.25, 0.3) is 0 Å². The van der Waals surface area contributed by atoms with Gasteiger partial charge in [-0.05, 0) is 70.7 Å². The molecule has 2 fully saturated rings. The molecular weight excluding hydrogens is 1250 g/mol. The number of hydrogen-bond donors (Lipinski definition) is 1. The SMILES string of the molecule is CCC(=O)O[C@H](CC)CC(=O)NC1[C@H](OCC2O[C@@H](O[Si](C)(C)C(C)(C)C)C(N=[N+]=[N-])[C@@H](OC(=O)C[C@@H](CC)OCc3ccccc3)[C@H]2OCc2ccccc2)OC(COCc2ccccc2)[C@H](OP2(=O)OCc3ccccc3CO2)[C@@H]1OC(=O)C[C@@H](CC)OC(=O)CC. The Balaban J connectivity index is 1.35. The van der Waals surface area contributed by atoms with Crippen LogP contribution in [0.1, 0.15) is 135 Å². The van der Waals surface area contributed by atoms with Gasteiger partial charge in [-0.2, -0.15) is 0 Å². The Bertz CT molecular complexity index is 3110. The van der Waals surface area contributed by atoms with E-state index < -0.39 is 150 Å². The first-order chi connectivity index (χ1) is 45.1. The molecule has 3 heterocycles. The molecule has 24 nitrogen and oxygen atoms in total. The first-order valence-corrected chi connectivity index (χ1v) is 36.7. The first-order valence-electron chi connectivity index (χ1n) is 32.4. The number of azide groups is 1. The van der Waals surface area contributed by atoms with Gasteiger partial charge in [-0.3, -0.25) is 37.5 Å². The van der Waals surface area contributed by atoms with Gasteiger partial charge >= 0.3 is 31.7 Å². The van der Waals surface area contributed by atoms with Crippen molar-refractivity contribution in [2.24, 2.45) is 5.11 Å². The van der Waals surface area contributed by atoms with Gasteiger partial charge in [-0.25, -0.2) is 4.57 Å². The Morgan fingerprint density at radius 1 is 0.606 bits per heavy atom. The van der Waals surface area contributed by atoms with Gasteiger partial charge in [0.2, 0.25) is 5.91 Å². The topological polar surface area (TPSA) is 292 Å². The molecule has 0 aliphatic carbocycles. The van der Waals surface area contributed by atoms with E-state index in [4.69, 9.17) is 65.4 Å². The number of carbonyl (C=O) groups is 5. The summed E-state index contributed by atoms with van der Waals surface area (Å²) in [5.74, 6) is -3.48. The van der Waals surface area contributed by atoms with Crippen LogP contribution in [0.15, 0.2) is 120 Å². The molecule has 0 spiro atoms. The molecule has 4 aromatic carbocycles. The quantitative estimate of drug-likeness (QED) is 0.00864. The molecule has 514 valence electrons. The van der Waals surface area contributed by atoms with Crippen LogP contribution >= 0.6 is 7.82 Å². The summed E-state index contributed by atoms with van der Waals surface area (Å²) in [6, 6.07) is 32.1. The van der Waals surface area contributed by atoms with E-state index in [0.717, 1.165) is 11.1 Å². The molecule has 0 aromatic heterocycles. The molecule has 0 saturated carbocycles. The maximum Gasteiger partial charge on any atom is 0.475 e. The van der Waals surface area contributed by atoms with Gasteiger partial charge in [-0.1, -0.05) is 176 Å². The summed E-state index contributed by atoms with van der Waals surface area (Å²) in [5.41, 5.74) is 14.1. The number of carbonyl (C=O) groups excluding carboxylic acids is 5. The first kappa shape index (κ1) is 75.0. The smallest absolute Gasteiger partial charge is 0.462 e. The summed E-state index contributed by atoms with van der Waals surface area (Å²) in [5, 5.41) is 6.73. The van der Waals surface area contributed by atoms with Crippen molar-refractivity contribution in [3.8, 4) is 0 Å². The lowest BCUT2D eigenvalue weighted by molar-refractivity contribution is -0.301. The second-order valence-corrected chi connectivity index (χ2v) is 31.2. The van der Waals surface area contributed by atoms with Crippen LogP contribution < -0.4 is 5.32 Å². The van der Waals surface area contributed by atoms with Crippen LogP contribution in [0.3, 0.4) is 0 Å². The number of benzene rings is 4. The summed E-state index contributed by atoms with van der Waals surface area (Å²) in [4.78, 5) is 72.8. The van der Waals surface area contributed by atoms with E-state index in [1.54, 1.807) is 52.0 Å². The number of nitrogens with one attached hydrogen (secondary N) is 1.